The van der Waals surface area contributed by atoms with Crippen LogP contribution in [0.3, 0.4) is 0 Å². The molecule has 8 heteroatoms. The molecule has 1 heterocycles. The van der Waals surface area contributed by atoms with Crippen molar-refractivity contribution in [1.82, 2.24) is 10.2 Å². The molecule has 1 fully saturated rings. The fourth-order valence-corrected chi connectivity index (χ4v) is 3.46. The number of carbonyl (C=O) groups excluding carboxylic acids is 2. The van der Waals surface area contributed by atoms with Gasteiger partial charge in [0, 0.05) is 37.7 Å². The van der Waals surface area contributed by atoms with Gasteiger partial charge in [0.05, 0.1) is 20.1 Å². The van der Waals surface area contributed by atoms with Crippen LogP contribution in [0.2, 0.25) is 0 Å². The molecule has 2 aromatic rings. The van der Waals surface area contributed by atoms with Crippen molar-refractivity contribution in [2.75, 3.05) is 27.3 Å². The number of methoxy groups -OCH3 is 2. The minimum absolute atomic E-state index is 0.0543. The molecular weight excluding hydrogens is 394 g/mol. The van der Waals surface area contributed by atoms with E-state index >= 15 is 0 Å². The predicted molar refractivity (Wildman–Crippen MR) is 106 cm³/mol. The van der Waals surface area contributed by atoms with Crippen molar-refractivity contribution in [2.45, 2.75) is 19.4 Å². The minimum atomic E-state index is -0.714. The van der Waals surface area contributed by atoms with E-state index in [0.717, 1.165) is 17.7 Å². The minimum Gasteiger partial charge on any atom is -0.493 e. The summed E-state index contributed by atoms with van der Waals surface area (Å²) in [6.45, 7) is 0.732. The van der Waals surface area contributed by atoms with Crippen molar-refractivity contribution >= 4 is 11.8 Å². The molecule has 0 aromatic heterocycles. The molecule has 1 unspecified atom stereocenters. The number of rotatable bonds is 8. The zero-order valence-corrected chi connectivity index (χ0v) is 16.9. The first kappa shape index (κ1) is 21.5. The molecule has 1 N–H and O–H groups in total. The van der Waals surface area contributed by atoms with Gasteiger partial charge in [0.1, 0.15) is 11.6 Å². The fraction of sp³-hybridized carbons (Fsp3) is 0.364. The van der Waals surface area contributed by atoms with Crippen LogP contribution >= 0.6 is 0 Å². The Bertz CT molecular complexity index is 935. The second kappa shape index (κ2) is 9.56. The van der Waals surface area contributed by atoms with Gasteiger partial charge >= 0.3 is 0 Å². The van der Waals surface area contributed by atoms with Crippen molar-refractivity contribution in [3.05, 3.63) is 59.2 Å². The van der Waals surface area contributed by atoms with Gasteiger partial charge in [-0.15, -0.1) is 0 Å². The van der Waals surface area contributed by atoms with Crippen LogP contribution in [0.5, 0.6) is 11.5 Å². The maximum absolute atomic E-state index is 13.7. The van der Waals surface area contributed by atoms with Gasteiger partial charge in [-0.3, -0.25) is 9.59 Å². The molecule has 1 saturated heterocycles. The van der Waals surface area contributed by atoms with Crippen LogP contribution in [0.25, 0.3) is 0 Å². The number of ether oxygens (including phenoxy) is 2. The standard InChI is InChI=1S/C22H24F2N2O4/c1-29-19-6-3-14(9-20(19)30-2)7-8-26-13-16(10-21(26)27)22(28)25-12-15-4-5-17(23)11-18(15)24/h3-6,9,11,16H,7-8,10,12-13H2,1-2H3,(H,25,28). The zero-order valence-electron chi connectivity index (χ0n) is 16.9. The van der Waals surface area contributed by atoms with E-state index in [0.29, 0.717) is 31.0 Å². The SMILES string of the molecule is COc1ccc(CCN2CC(C(=O)NCc3ccc(F)cc3F)CC2=O)cc1OC. The molecule has 2 amide bonds. The average molecular weight is 418 g/mol. The lowest BCUT2D eigenvalue weighted by atomic mass is 10.1. The number of hydrogen-bond acceptors (Lipinski definition) is 4. The highest BCUT2D eigenvalue weighted by molar-refractivity contribution is 5.89. The topological polar surface area (TPSA) is 67.9 Å². The molecule has 1 aliphatic rings. The van der Waals surface area contributed by atoms with Gasteiger partial charge in [-0.1, -0.05) is 12.1 Å². The van der Waals surface area contributed by atoms with E-state index in [4.69, 9.17) is 9.47 Å². The first-order valence-electron chi connectivity index (χ1n) is 9.61. The van der Waals surface area contributed by atoms with Crippen molar-refractivity contribution in [1.29, 1.82) is 0 Å². The van der Waals surface area contributed by atoms with E-state index in [-0.39, 0.29) is 30.3 Å². The summed E-state index contributed by atoms with van der Waals surface area (Å²) in [5.74, 6) is -1.04. The van der Waals surface area contributed by atoms with Crippen molar-refractivity contribution in [3.63, 3.8) is 0 Å². The zero-order chi connectivity index (χ0) is 21.7. The molecule has 2 aromatic carbocycles. The van der Waals surface area contributed by atoms with Gasteiger partial charge in [0.2, 0.25) is 11.8 Å². The molecule has 1 aliphatic heterocycles. The molecule has 0 saturated carbocycles. The molecular formula is C22H24F2N2O4. The molecule has 0 bridgehead atoms. The summed E-state index contributed by atoms with van der Waals surface area (Å²) in [6.07, 6.45) is 0.727. The molecule has 1 atom stereocenters. The van der Waals surface area contributed by atoms with E-state index in [1.807, 2.05) is 18.2 Å². The van der Waals surface area contributed by atoms with Gasteiger partial charge in [-0.05, 0) is 30.2 Å². The van der Waals surface area contributed by atoms with Crippen LogP contribution in [-0.2, 0) is 22.6 Å². The average Bonchev–Trinajstić information content (AvgIpc) is 3.11. The van der Waals surface area contributed by atoms with Crippen LogP contribution in [0, 0.1) is 17.6 Å². The molecule has 160 valence electrons. The summed E-state index contributed by atoms with van der Waals surface area (Å²) in [7, 11) is 3.13. The lowest BCUT2D eigenvalue weighted by Gasteiger charge is -2.17. The van der Waals surface area contributed by atoms with Crippen LogP contribution in [0.4, 0.5) is 8.78 Å². The highest BCUT2D eigenvalue weighted by Crippen LogP contribution is 2.28. The monoisotopic (exact) mass is 418 g/mol. The fourth-order valence-electron chi connectivity index (χ4n) is 3.46. The summed E-state index contributed by atoms with van der Waals surface area (Å²) in [4.78, 5) is 26.4. The molecule has 0 radical (unpaired) electrons. The normalized spacial score (nSPS) is 15.9. The molecule has 6 nitrogen and oxygen atoms in total. The second-order valence-electron chi connectivity index (χ2n) is 7.13. The number of hydrogen-bond donors (Lipinski definition) is 1. The quantitative estimate of drug-likeness (QED) is 0.716. The van der Waals surface area contributed by atoms with Crippen molar-refractivity contribution in [3.8, 4) is 11.5 Å². The molecule has 0 aliphatic carbocycles. The van der Waals surface area contributed by atoms with Gasteiger partial charge in [-0.2, -0.15) is 0 Å². The van der Waals surface area contributed by atoms with E-state index in [2.05, 4.69) is 5.32 Å². The maximum Gasteiger partial charge on any atom is 0.225 e. The smallest absolute Gasteiger partial charge is 0.225 e. The summed E-state index contributed by atoms with van der Waals surface area (Å²) in [5.41, 5.74) is 1.18. The summed E-state index contributed by atoms with van der Waals surface area (Å²) in [5, 5.41) is 2.63. The summed E-state index contributed by atoms with van der Waals surface area (Å²) >= 11 is 0. The third kappa shape index (κ3) is 5.06. The highest BCUT2D eigenvalue weighted by atomic mass is 19.1. The molecule has 3 rings (SSSR count). The van der Waals surface area contributed by atoms with Crippen LogP contribution in [0.1, 0.15) is 17.5 Å². The molecule has 0 spiro atoms. The maximum atomic E-state index is 13.7. The third-order valence-electron chi connectivity index (χ3n) is 5.17. The van der Waals surface area contributed by atoms with Crippen LogP contribution < -0.4 is 14.8 Å². The number of amides is 2. The third-order valence-corrected chi connectivity index (χ3v) is 5.17. The number of benzene rings is 2. The number of halogens is 2. The Labute approximate surface area is 173 Å². The van der Waals surface area contributed by atoms with E-state index in [1.54, 1.807) is 19.1 Å². The number of nitrogens with zero attached hydrogens (tertiary/aromatic N) is 1. The predicted octanol–water partition coefficient (Wildman–Crippen LogP) is 2.69. The van der Waals surface area contributed by atoms with E-state index < -0.39 is 17.6 Å². The number of carbonyl (C=O) groups is 2. The lowest BCUT2D eigenvalue weighted by molar-refractivity contribution is -0.129. The first-order chi connectivity index (χ1) is 14.4. The summed E-state index contributed by atoms with van der Waals surface area (Å²) in [6, 6.07) is 8.78. The van der Waals surface area contributed by atoms with Crippen LogP contribution in [-0.4, -0.2) is 44.0 Å². The van der Waals surface area contributed by atoms with E-state index in [1.165, 1.54) is 6.07 Å². The highest BCUT2D eigenvalue weighted by Gasteiger charge is 2.33. The van der Waals surface area contributed by atoms with Gasteiger partial charge < -0.3 is 19.7 Å². The number of nitrogens with one attached hydrogen (secondary N) is 1. The Morgan fingerprint density at radius 2 is 1.90 bits per heavy atom. The largest absolute Gasteiger partial charge is 0.493 e. The Hall–Kier alpha value is -3.16. The van der Waals surface area contributed by atoms with Crippen molar-refractivity contribution in [2.24, 2.45) is 5.92 Å². The Morgan fingerprint density at radius 1 is 1.13 bits per heavy atom. The Kier molecular flexibility index (Phi) is 6.87. The lowest BCUT2D eigenvalue weighted by Crippen LogP contribution is -2.33. The Morgan fingerprint density at radius 3 is 2.60 bits per heavy atom. The van der Waals surface area contributed by atoms with Crippen molar-refractivity contribution < 1.29 is 27.8 Å². The van der Waals surface area contributed by atoms with Gasteiger partial charge in [-0.25, -0.2) is 8.78 Å². The second-order valence-corrected chi connectivity index (χ2v) is 7.13. The van der Waals surface area contributed by atoms with E-state index in [9.17, 15) is 18.4 Å². The van der Waals surface area contributed by atoms with Gasteiger partial charge in [0.15, 0.2) is 11.5 Å². The first-order valence-corrected chi connectivity index (χ1v) is 9.61. The number of likely N-dealkylation sites (tertiary alicyclic amines) is 1. The van der Waals surface area contributed by atoms with Crippen LogP contribution in [0.15, 0.2) is 36.4 Å². The summed E-state index contributed by atoms with van der Waals surface area (Å²) < 4.78 is 37.2. The Balaban J connectivity index is 1.52. The molecule has 30 heavy (non-hydrogen) atoms. The van der Waals surface area contributed by atoms with Gasteiger partial charge in [0.25, 0.3) is 0 Å².